The zero-order valence-electron chi connectivity index (χ0n) is 17.0. The van der Waals surface area contributed by atoms with Gasteiger partial charge in [-0.05, 0) is 36.8 Å². The third-order valence-electron chi connectivity index (χ3n) is 4.75. The summed E-state index contributed by atoms with van der Waals surface area (Å²) in [5.41, 5.74) is 1.84. The second kappa shape index (κ2) is 9.29. The van der Waals surface area contributed by atoms with Crippen molar-refractivity contribution >= 4 is 11.8 Å². The van der Waals surface area contributed by atoms with Crippen LogP contribution in [-0.2, 0) is 17.9 Å². The number of carbonyl (C=O) groups excluding carboxylic acids is 2. The fourth-order valence-electron chi connectivity index (χ4n) is 3.08. The number of aryl methyl sites for hydroxylation is 1. The molecule has 0 saturated heterocycles. The number of nitrogens with zero attached hydrogens (tertiary/aromatic N) is 3. The highest BCUT2D eigenvalue weighted by molar-refractivity contribution is 5.92. The van der Waals surface area contributed by atoms with Gasteiger partial charge in [0.1, 0.15) is 11.5 Å². The molecular formula is C22H22N4O5. The molecule has 160 valence electrons. The van der Waals surface area contributed by atoms with E-state index in [1.165, 1.54) is 17.3 Å². The summed E-state index contributed by atoms with van der Waals surface area (Å²) in [5, 5.41) is 2.87. The van der Waals surface area contributed by atoms with E-state index in [4.69, 9.17) is 13.9 Å². The first-order valence-electron chi connectivity index (χ1n) is 9.84. The first-order chi connectivity index (χ1) is 15.1. The molecule has 3 aromatic rings. The van der Waals surface area contributed by atoms with Gasteiger partial charge >= 0.3 is 0 Å². The van der Waals surface area contributed by atoms with Crippen LogP contribution in [0.4, 0.5) is 0 Å². The van der Waals surface area contributed by atoms with Gasteiger partial charge in [-0.25, -0.2) is 4.98 Å². The molecule has 4 rings (SSSR count). The maximum absolute atomic E-state index is 12.9. The molecule has 1 N–H and O–H groups in total. The highest BCUT2D eigenvalue weighted by Crippen LogP contribution is 2.32. The van der Waals surface area contributed by atoms with Crippen molar-refractivity contribution in [2.45, 2.75) is 26.4 Å². The third kappa shape index (κ3) is 5.19. The maximum Gasteiger partial charge on any atom is 0.274 e. The number of hydrogen-bond donors (Lipinski definition) is 1. The molecule has 2 amide bonds. The first-order valence-corrected chi connectivity index (χ1v) is 9.84. The number of carbonyl (C=O) groups is 2. The molecule has 0 saturated carbocycles. The fourth-order valence-corrected chi connectivity index (χ4v) is 3.08. The van der Waals surface area contributed by atoms with Crippen LogP contribution in [0.25, 0.3) is 0 Å². The molecule has 0 unspecified atom stereocenters. The molecule has 9 heteroatoms. The van der Waals surface area contributed by atoms with Crippen LogP contribution in [0.1, 0.15) is 33.9 Å². The molecule has 1 aromatic carbocycles. The van der Waals surface area contributed by atoms with Gasteiger partial charge in [0.15, 0.2) is 11.5 Å². The lowest BCUT2D eigenvalue weighted by molar-refractivity contribution is -0.121. The van der Waals surface area contributed by atoms with Crippen molar-refractivity contribution in [1.29, 1.82) is 0 Å². The van der Waals surface area contributed by atoms with Gasteiger partial charge in [0, 0.05) is 25.7 Å². The number of benzene rings is 1. The summed E-state index contributed by atoms with van der Waals surface area (Å²) in [4.78, 5) is 35.1. The number of rotatable bonds is 8. The molecule has 9 nitrogen and oxygen atoms in total. The van der Waals surface area contributed by atoms with Crippen LogP contribution >= 0.6 is 0 Å². The Hall–Kier alpha value is -3.88. The molecule has 0 radical (unpaired) electrons. The largest absolute Gasteiger partial charge is 0.467 e. The number of fused-ring (bicyclic) bond motifs is 1. The second-order valence-electron chi connectivity index (χ2n) is 7.06. The summed E-state index contributed by atoms with van der Waals surface area (Å²) >= 11 is 0. The van der Waals surface area contributed by atoms with Crippen molar-refractivity contribution in [3.63, 3.8) is 0 Å². The normalized spacial score (nSPS) is 11.9. The summed E-state index contributed by atoms with van der Waals surface area (Å²) in [7, 11) is 0. The van der Waals surface area contributed by atoms with Crippen LogP contribution in [0.2, 0.25) is 0 Å². The Morgan fingerprint density at radius 3 is 2.77 bits per heavy atom. The Morgan fingerprint density at radius 1 is 1.13 bits per heavy atom. The van der Waals surface area contributed by atoms with Gasteiger partial charge in [-0.3, -0.25) is 14.6 Å². The minimum Gasteiger partial charge on any atom is -0.467 e. The minimum absolute atomic E-state index is 0.135. The molecular weight excluding hydrogens is 400 g/mol. The van der Waals surface area contributed by atoms with Crippen LogP contribution in [0.3, 0.4) is 0 Å². The van der Waals surface area contributed by atoms with E-state index in [-0.39, 0.29) is 43.8 Å². The summed E-state index contributed by atoms with van der Waals surface area (Å²) in [6.45, 7) is 2.80. The number of hydrogen-bond acceptors (Lipinski definition) is 7. The molecule has 1 aliphatic heterocycles. The van der Waals surface area contributed by atoms with Crippen LogP contribution in [0.15, 0.2) is 53.4 Å². The van der Waals surface area contributed by atoms with Gasteiger partial charge in [0.2, 0.25) is 12.7 Å². The Bertz CT molecular complexity index is 1050. The van der Waals surface area contributed by atoms with Crippen LogP contribution in [0, 0.1) is 6.92 Å². The standard InChI is InChI=1S/C22H22N4O5/c1-15-10-24-18(12-23-15)22(28)26(13-17-3-2-8-29-17)7-6-21(27)25-11-16-4-5-19-20(9-16)31-14-30-19/h2-5,8-10,12H,6-7,11,13-14H2,1H3,(H,25,27). The van der Waals surface area contributed by atoms with Crippen LogP contribution < -0.4 is 14.8 Å². The number of furan rings is 1. The summed E-state index contributed by atoms with van der Waals surface area (Å²) in [5.74, 6) is 1.49. The zero-order valence-corrected chi connectivity index (χ0v) is 17.0. The predicted molar refractivity (Wildman–Crippen MR) is 109 cm³/mol. The molecule has 0 atom stereocenters. The topological polar surface area (TPSA) is 107 Å². The SMILES string of the molecule is Cc1cnc(C(=O)N(CCC(=O)NCc2ccc3c(c2)OCO3)Cc2ccco2)cn1. The molecule has 0 bridgehead atoms. The van der Waals surface area contributed by atoms with Crippen LogP contribution in [-0.4, -0.2) is 40.0 Å². The van der Waals surface area contributed by atoms with Crippen molar-refractivity contribution in [3.05, 3.63) is 71.7 Å². The van der Waals surface area contributed by atoms with Gasteiger partial charge in [0.25, 0.3) is 5.91 Å². The van der Waals surface area contributed by atoms with Gasteiger partial charge in [-0.15, -0.1) is 0 Å². The number of nitrogens with one attached hydrogen (secondary N) is 1. The maximum atomic E-state index is 12.9. The molecule has 0 fully saturated rings. The van der Waals surface area contributed by atoms with Gasteiger partial charge in [0.05, 0.1) is 24.7 Å². The van der Waals surface area contributed by atoms with Crippen LogP contribution in [0.5, 0.6) is 11.5 Å². The second-order valence-corrected chi connectivity index (χ2v) is 7.06. The zero-order chi connectivity index (χ0) is 21.6. The fraction of sp³-hybridized carbons (Fsp3) is 0.273. The van der Waals surface area contributed by atoms with E-state index in [1.54, 1.807) is 25.3 Å². The molecule has 0 spiro atoms. The van der Waals surface area contributed by atoms with E-state index in [9.17, 15) is 9.59 Å². The summed E-state index contributed by atoms with van der Waals surface area (Å²) in [6.07, 6.45) is 4.65. The number of amides is 2. The first kappa shape index (κ1) is 20.4. The highest BCUT2D eigenvalue weighted by atomic mass is 16.7. The van der Waals surface area contributed by atoms with E-state index in [2.05, 4.69) is 15.3 Å². The Kier molecular flexibility index (Phi) is 6.11. The van der Waals surface area contributed by atoms with E-state index in [0.717, 1.165) is 11.3 Å². The lowest BCUT2D eigenvalue weighted by Crippen LogP contribution is -2.35. The van der Waals surface area contributed by atoms with Gasteiger partial charge < -0.3 is 24.1 Å². The monoisotopic (exact) mass is 422 g/mol. The van der Waals surface area contributed by atoms with Crippen molar-refractivity contribution in [2.75, 3.05) is 13.3 Å². The van der Waals surface area contributed by atoms with E-state index in [1.807, 2.05) is 18.2 Å². The van der Waals surface area contributed by atoms with Crippen molar-refractivity contribution in [1.82, 2.24) is 20.2 Å². The average molecular weight is 422 g/mol. The minimum atomic E-state index is -0.313. The smallest absolute Gasteiger partial charge is 0.274 e. The third-order valence-corrected chi connectivity index (χ3v) is 4.75. The lowest BCUT2D eigenvalue weighted by Gasteiger charge is -2.21. The van der Waals surface area contributed by atoms with E-state index < -0.39 is 0 Å². The van der Waals surface area contributed by atoms with Gasteiger partial charge in [-0.2, -0.15) is 0 Å². The Balaban J connectivity index is 1.35. The van der Waals surface area contributed by atoms with Gasteiger partial charge in [-0.1, -0.05) is 6.07 Å². The Morgan fingerprint density at radius 2 is 2.00 bits per heavy atom. The number of aromatic nitrogens is 2. The molecule has 1 aliphatic rings. The van der Waals surface area contributed by atoms with E-state index in [0.29, 0.717) is 23.8 Å². The lowest BCUT2D eigenvalue weighted by atomic mass is 10.2. The van der Waals surface area contributed by atoms with Crippen molar-refractivity contribution < 1.29 is 23.5 Å². The predicted octanol–water partition coefficient (Wildman–Crippen LogP) is 2.46. The molecule has 0 aliphatic carbocycles. The molecule has 2 aromatic heterocycles. The number of ether oxygens (including phenoxy) is 2. The van der Waals surface area contributed by atoms with Crippen molar-refractivity contribution in [3.8, 4) is 11.5 Å². The quantitative estimate of drug-likeness (QED) is 0.594. The van der Waals surface area contributed by atoms with Crippen molar-refractivity contribution in [2.24, 2.45) is 0 Å². The average Bonchev–Trinajstić information content (AvgIpc) is 3.46. The summed E-state index contributed by atoms with van der Waals surface area (Å²) < 4.78 is 16.0. The molecule has 3 heterocycles. The molecule has 31 heavy (non-hydrogen) atoms. The highest BCUT2D eigenvalue weighted by Gasteiger charge is 2.20. The van der Waals surface area contributed by atoms with E-state index >= 15 is 0 Å². The summed E-state index contributed by atoms with van der Waals surface area (Å²) in [6, 6.07) is 9.06. The Labute approximate surface area is 179 Å².